The van der Waals surface area contributed by atoms with E-state index >= 15 is 0 Å². The molecule has 1 aromatic rings. The highest BCUT2D eigenvalue weighted by Crippen LogP contribution is 2.32. The number of ether oxygens (including phenoxy) is 2. The van der Waals surface area contributed by atoms with Gasteiger partial charge in [-0.25, -0.2) is 0 Å². The first-order valence-electron chi connectivity index (χ1n) is 7.31. The Morgan fingerprint density at radius 1 is 1.43 bits per heavy atom. The first-order chi connectivity index (χ1) is 9.88. The number of halogens is 2. The quantitative estimate of drug-likeness (QED) is 0.898. The number of hydrogen-bond donors (Lipinski definition) is 1. The van der Waals surface area contributed by atoms with Crippen LogP contribution < -0.4 is 10.1 Å². The Morgan fingerprint density at radius 2 is 2.19 bits per heavy atom. The second-order valence-corrected chi connectivity index (χ2v) is 6.24. The average Bonchev–Trinajstić information content (AvgIpc) is 2.36. The maximum atomic E-state index is 12.3. The van der Waals surface area contributed by atoms with E-state index in [4.69, 9.17) is 4.74 Å². The van der Waals surface area contributed by atoms with Gasteiger partial charge in [-0.15, -0.1) is 0 Å². The molecule has 1 heterocycles. The molecule has 2 unspecified atom stereocenters. The fourth-order valence-electron chi connectivity index (χ4n) is 2.96. The molecule has 1 aromatic carbocycles. The van der Waals surface area contributed by atoms with E-state index < -0.39 is 6.61 Å². The second-order valence-electron chi connectivity index (χ2n) is 6.24. The van der Waals surface area contributed by atoms with Crippen molar-refractivity contribution in [2.45, 2.75) is 45.5 Å². The highest BCUT2D eigenvalue weighted by atomic mass is 19.3. The lowest BCUT2D eigenvalue weighted by atomic mass is 9.91. The van der Waals surface area contributed by atoms with Crippen molar-refractivity contribution in [1.82, 2.24) is 5.32 Å². The molecule has 1 aliphatic rings. The average molecular weight is 299 g/mol. The van der Waals surface area contributed by atoms with Crippen LogP contribution in [0.4, 0.5) is 8.78 Å². The normalized spacial score (nSPS) is 26.3. The van der Waals surface area contributed by atoms with Crippen LogP contribution in [-0.4, -0.2) is 25.3 Å². The molecule has 0 radical (unpaired) electrons. The summed E-state index contributed by atoms with van der Waals surface area (Å²) in [6.07, 6.45) is 0.799. The zero-order valence-electron chi connectivity index (χ0n) is 12.7. The van der Waals surface area contributed by atoms with Crippen molar-refractivity contribution in [1.29, 1.82) is 0 Å². The summed E-state index contributed by atoms with van der Waals surface area (Å²) in [5.74, 6) is 0.700. The maximum absolute atomic E-state index is 12.3. The summed E-state index contributed by atoms with van der Waals surface area (Å²) in [5, 5.41) is 3.38. The summed E-state index contributed by atoms with van der Waals surface area (Å²) in [5.41, 5.74) is 0.617. The molecular formula is C16H23F2NO2. The second kappa shape index (κ2) is 6.71. The molecule has 2 rings (SSSR count). The van der Waals surface area contributed by atoms with E-state index in [1.54, 1.807) is 12.1 Å². The van der Waals surface area contributed by atoms with Gasteiger partial charge < -0.3 is 14.8 Å². The van der Waals surface area contributed by atoms with Gasteiger partial charge in [-0.1, -0.05) is 26.0 Å². The molecule has 0 aliphatic carbocycles. The Balaban J connectivity index is 2.10. The smallest absolute Gasteiger partial charge is 0.387 e. The maximum Gasteiger partial charge on any atom is 0.387 e. The van der Waals surface area contributed by atoms with E-state index in [1.807, 2.05) is 6.07 Å². The molecule has 1 aliphatic heterocycles. The fourth-order valence-corrected chi connectivity index (χ4v) is 2.96. The van der Waals surface area contributed by atoms with Crippen LogP contribution in [-0.2, 0) is 4.74 Å². The predicted molar refractivity (Wildman–Crippen MR) is 77.6 cm³/mol. The van der Waals surface area contributed by atoms with Crippen LogP contribution in [0.25, 0.3) is 0 Å². The van der Waals surface area contributed by atoms with E-state index in [0.29, 0.717) is 12.5 Å². The number of nitrogens with one attached hydrogen (secondary N) is 1. The largest absolute Gasteiger partial charge is 0.435 e. The van der Waals surface area contributed by atoms with Crippen molar-refractivity contribution in [3.63, 3.8) is 0 Å². The third kappa shape index (κ3) is 4.64. The Kier molecular flexibility index (Phi) is 5.17. The van der Waals surface area contributed by atoms with Crippen LogP contribution in [0.2, 0.25) is 0 Å². The van der Waals surface area contributed by atoms with Crippen LogP contribution >= 0.6 is 0 Å². The van der Waals surface area contributed by atoms with Crippen molar-refractivity contribution in [3.05, 3.63) is 29.8 Å². The van der Waals surface area contributed by atoms with Gasteiger partial charge >= 0.3 is 6.61 Å². The summed E-state index contributed by atoms with van der Waals surface area (Å²) < 4.78 is 35.3. The van der Waals surface area contributed by atoms with Crippen LogP contribution in [0.5, 0.6) is 5.75 Å². The molecule has 0 saturated carbocycles. The summed E-state index contributed by atoms with van der Waals surface area (Å²) in [7, 11) is 0. The van der Waals surface area contributed by atoms with Crippen LogP contribution in [0.3, 0.4) is 0 Å². The molecule has 3 nitrogen and oxygen atoms in total. The van der Waals surface area contributed by atoms with Gasteiger partial charge in [-0.2, -0.15) is 8.78 Å². The van der Waals surface area contributed by atoms with Gasteiger partial charge in [0.15, 0.2) is 0 Å². The first-order valence-corrected chi connectivity index (χ1v) is 7.31. The zero-order valence-corrected chi connectivity index (χ0v) is 12.7. The number of benzene rings is 1. The third-order valence-electron chi connectivity index (χ3n) is 3.55. The number of rotatable bonds is 5. The minimum atomic E-state index is -2.81. The van der Waals surface area contributed by atoms with E-state index in [1.165, 1.54) is 6.07 Å². The van der Waals surface area contributed by atoms with Gasteiger partial charge in [-0.3, -0.25) is 0 Å². The van der Waals surface area contributed by atoms with Crippen molar-refractivity contribution in [3.8, 4) is 5.75 Å². The molecule has 0 bridgehead atoms. The monoisotopic (exact) mass is 299 g/mol. The lowest BCUT2D eigenvalue weighted by molar-refractivity contribution is -0.117. The van der Waals surface area contributed by atoms with E-state index in [-0.39, 0.29) is 17.5 Å². The summed E-state index contributed by atoms with van der Waals surface area (Å²) in [6, 6.07) is 6.75. The highest BCUT2D eigenvalue weighted by molar-refractivity contribution is 5.30. The minimum absolute atomic E-state index is 0.149. The van der Waals surface area contributed by atoms with Crippen molar-refractivity contribution in [2.75, 3.05) is 13.1 Å². The molecule has 0 amide bonds. The van der Waals surface area contributed by atoms with Crippen LogP contribution in [0, 0.1) is 5.92 Å². The molecule has 2 atom stereocenters. The highest BCUT2D eigenvalue weighted by Gasteiger charge is 2.34. The van der Waals surface area contributed by atoms with Gasteiger partial charge in [0.05, 0.1) is 11.7 Å². The molecular weight excluding hydrogens is 276 g/mol. The minimum Gasteiger partial charge on any atom is -0.435 e. The lowest BCUT2D eigenvalue weighted by Crippen LogP contribution is -2.49. The molecule has 1 fully saturated rings. The lowest BCUT2D eigenvalue weighted by Gasteiger charge is -2.40. The van der Waals surface area contributed by atoms with Crippen LogP contribution in [0.15, 0.2) is 24.3 Å². The third-order valence-corrected chi connectivity index (χ3v) is 3.55. The number of hydrogen-bond acceptors (Lipinski definition) is 3. The predicted octanol–water partition coefficient (Wildman–Crippen LogP) is 3.75. The van der Waals surface area contributed by atoms with Gasteiger partial charge in [0.2, 0.25) is 0 Å². The number of alkyl halides is 2. The molecule has 5 heteroatoms. The van der Waals surface area contributed by atoms with Gasteiger partial charge in [0, 0.05) is 13.1 Å². The Morgan fingerprint density at radius 3 is 2.86 bits per heavy atom. The van der Waals surface area contributed by atoms with E-state index in [9.17, 15) is 8.78 Å². The summed E-state index contributed by atoms with van der Waals surface area (Å²) >= 11 is 0. The SMILES string of the molecule is CC(C)CC1(C)CNCC(c2cccc(OC(F)F)c2)O1. The van der Waals surface area contributed by atoms with E-state index in [0.717, 1.165) is 18.5 Å². The molecule has 118 valence electrons. The molecule has 0 aromatic heterocycles. The standard InChI is InChI=1S/C16H23F2NO2/c1-11(2)8-16(3)10-19-9-14(21-16)12-5-4-6-13(7-12)20-15(17)18/h4-7,11,14-15,19H,8-10H2,1-3H3. The summed E-state index contributed by atoms with van der Waals surface area (Å²) in [6.45, 7) is 5.08. The van der Waals surface area contributed by atoms with Crippen molar-refractivity contribution >= 4 is 0 Å². The van der Waals surface area contributed by atoms with Gasteiger partial charge in [-0.05, 0) is 37.0 Å². The van der Waals surface area contributed by atoms with E-state index in [2.05, 4.69) is 30.8 Å². The molecule has 0 spiro atoms. The Bertz CT molecular complexity index is 467. The van der Waals surface area contributed by atoms with Crippen molar-refractivity contribution in [2.24, 2.45) is 5.92 Å². The zero-order chi connectivity index (χ0) is 15.5. The topological polar surface area (TPSA) is 30.5 Å². The Hall–Kier alpha value is -1.20. The van der Waals surface area contributed by atoms with Gasteiger partial charge in [0.1, 0.15) is 5.75 Å². The Labute approximate surface area is 124 Å². The van der Waals surface area contributed by atoms with Crippen molar-refractivity contribution < 1.29 is 18.3 Å². The molecule has 1 N–H and O–H groups in total. The fraction of sp³-hybridized carbons (Fsp3) is 0.625. The molecule has 1 saturated heterocycles. The first kappa shape index (κ1) is 16.2. The van der Waals surface area contributed by atoms with Gasteiger partial charge in [0.25, 0.3) is 0 Å². The van der Waals surface area contributed by atoms with Crippen LogP contribution in [0.1, 0.15) is 38.9 Å². The number of morpholine rings is 1. The summed E-state index contributed by atoms with van der Waals surface area (Å²) in [4.78, 5) is 0. The molecule has 21 heavy (non-hydrogen) atoms.